The zero-order chi connectivity index (χ0) is 19.1. The normalized spacial score (nSPS) is 11.3. The van der Waals surface area contributed by atoms with Gasteiger partial charge >= 0.3 is 5.97 Å². The fourth-order valence-electron chi connectivity index (χ4n) is 3.27. The zero-order valence-corrected chi connectivity index (χ0v) is 17.9. The van der Waals surface area contributed by atoms with Crippen molar-refractivity contribution in [3.05, 3.63) is 12.2 Å². The molecule has 0 amide bonds. The Bertz CT molecular complexity index is 309. The number of esters is 1. The van der Waals surface area contributed by atoms with Gasteiger partial charge in [-0.05, 0) is 32.1 Å². The molecule has 0 atom stereocenters. The second-order valence-electron chi connectivity index (χ2n) is 7.69. The third-order valence-corrected chi connectivity index (χ3v) is 4.96. The first-order chi connectivity index (χ1) is 12.8. The van der Waals surface area contributed by atoms with Gasteiger partial charge in [0.2, 0.25) is 0 Å². The zero-order valence-electron chi connectivity index (χ0n) is 17.9. The number of hydrogen-bond acceptors (Lipinski definition) is 2. The van der Waals surface area contributed by atoms with Crippen LogP contribution in [0.3, 0.4) is 0 Å². The molecule has 154 valence electrons. The molecule has 0 N–H and O–H groups in total. The quantitative estimate of drug-likeness (QED) is 0.123. The van der Waals surface area contributed by atoms with E-state index in [4.69, 9.17) is 4.74 Å². The van der Waals surface area contributed by atoms with Crippen molar-refractivity contribution in [2.24, 2.45) is 0 Å². The monoisotopic (exact) mass is 366 g/mol. The first-order valence-corrected chi connectivity index (χ1v) is 11.6. The van der Waals surface area contributed by atoms with Gasteiger partial charge < -0.3 is 4.74 Å². The summed E-state index contributed by atoms with van der Waals surface area (Å²) in [6, 6.07) is 0. The number of carbonyl (C=O) groups excluding carboxylic acids is 1. The molecule has 0 spiro atoms. The Morgan fingerprint density at radius 2 is 1.00 bits per heavy atom. The molecule has 0 aliphatic carbocycles. The predicted octanol–water partition coefficient (Wildman–Crippen LogP) is 8.15. The lowest BCUT2D eigenvalue weighted by molar-refractivity contribution is -0.141. The molecular weight excluding hydrogens is 320 g/mol. The fraction of sp³-hybridized carbons (Fsp3) is 0.875. The van der Waals surface area contributed by atoms with Crippen molar-refractivity contribution in [2.75, 3.05) is 6.61 Å². The van der Waals surface area contributed by atoms with Crippen LogP contribution in [-0.4, -0.2) is 12.6 Å². The Balaban J connectivity index is 3.07. The van der Waals surface area contributed by atoms with E-state index in [0.29, 0.717) is 6.61 Å². The van der Waals surface area contributed by atoms with Crippen molar-refractivity contribution in [1.29, 1.82) is 0 Å². The number of carbonyl (C=O) groups is 1. The van der Waals surface area contributed by atoms with Crippen molar-refractivity contribution in [2.45, 2.75) is 129 Å². The van der Waals surface area contributed by atoms with Crippen LogP contribution >= 0.6 is 0 Å². The van der Waals surface area contributed by atoms with Crippen LogP contribution in [0.15, 0.2) is 12.2 Å². The Morgan fingerprint density at radius 3 is 1.42 bits per heavy atom. The van der Waals surface area contributed by atoms with Crippen LogP contribution < -0.4 is 0 Å². The number of allylic oxidation sites excluding steroid dienone is 2. The Hall–Kier alpha value is -0.790. The largest absolute Gasteiger partial charge is 0.466 e. The van der Waals surface area contributed by atoms with Gasteiger partial charge in [0, 0.05) is 6.92 Å². The summed E-state index contributed by atoms with van der Waals surface area (Å²) in [5, 5.41) is 0. The summed E-state index contributed by atoms with van der Waals surface area (Å²) < 4.78 is 4.93. The minimum Gasteiger partial charge on any atom is -0.466 e. The summed E-state index contributed by atoms with van der Waals surface area (Å²) in [7, 11) is 0. The molecule has 0 saturated carbocycles. The average molecular weight is 367 g/mol. The lowest BCUT2D eigenvalue weighted by Crippen LogP contribution is -2.00. The standard InChI is InChI=1S/C24H46O2/c1-3-4-5-6-7-8-9-10-11-12-13-14-15-16-17-18-19-20-21-22-23-26-24(2)25/h12-13H,3-11,14-23H2,1-2H3/b13-12+. The van der Waals surface area contributed by atoms with E-state index in [2.05, 4.69) is 19.1 Å². The third kappa shape index (κ3) is 23.2. The van der Waals surface area contributed by atoms with Gasteiger partial charge in [-0.2, -0.15) is 0 Å². The molecular formula is C24H46O2. The molecule has 26 heavy (non-hydrogen) atoms. The Morgan fingerprint density at radius 1 is 0.615 bits per heavy atom. The minimum absolute atomic E-state index is 0.156. The van der Waals surface area contributed by atoms with Gasteiger partial charge in [0.25, 0.3) is 0 Å². The number of unbranched alkanes of at least 4 members (excludes halogenated alkanes) is 16. The molecule has 0 aliphatic heterocycles. The lowest BCUT2D eigenvalue weighted by Gasteiger charge is -2.02. The first kappa shape index (κ1) is 25.2. The highest BCUT2D eigenvalue weighted by Gasteiger charge is 1.94. The van der Waals surface area contributed by atoms with E-state index in [0.717, 1.165) is 6.42 Å². The highest BCUT2D eigenvalue weighted by molar-refractivity contribution is 5.65. The van der Waals surface area contributed by atoms with Crippen LogP contribution in [0.2, 0.25) is 0 Å². The van der Waals surface area contributed by atoms with Crippen molar-refractivity contribution in [3.63, 3.8) is 0 Å². The molecule has 2 nitrogen and oxygen atoms in total. The fourth-order valence-corrected chi connectivity index (χ4v) is 3.27. The SMILES string of the molecule is CCCCCCCCCC/C=C/CCCCCCCCCCOC(C)=O. The predicted molar refractivity (Wildman–Crippen MR) is 115 cm³/mol. The highest BCUT2D eigenvalue weighted by Crippen LogP contribution is 2.12. The van der Waals surface area contributed by atoms with E-state index in [1.807, 2.05) is 0 Å². The van der Waals surface area contributed by atoms with E-state index >= 15 is 0 Å². The molecule has 0 rings (SSSR count). The van der Waals surface area contributed by atoms with Gasteiger partial charge in [0.15, 0.2) is 0 Å². The summed E-state index contributed by atoms with van der Waals surface area (Å²) in [6.07, 6.45) is 28.9. The van der Waals surface area contributed by atoms with Crippen LogP contribution in [0.25, 0.3) is 0 Å². The second-order valence-corrected chi connectivity index (χ2v) is 7.69. The lowest BCUT2D eigenvalue weighted by atomic mass is 10.1. The maximum atomic E-state index is 10.6. The summed E-state index contributed by atoms with van der Waals surface area (Å²) in [5.41, 5.74) is 0. The average Bonchev–Trinajstić information content (AvgIpc) is 2.62. The summed E-state index contributed by atoms with van der Waals surface area (Å²) in [6.45, 7) is 4.36. The molecule has 0 bridgehead atoms. The molecule has 0 aromatic rings. The minimum atomic E-state index is -0.156. The Labute approximate surface area is 164 Å². The van der Waals surface area contributed by atoms with Gasteiger partial charge in [0.05, 0.1) is 6.61 Å². The molecule has 0 radical (unpaired) electrons. The van der Waals surface area contributed by atoms with Gasteiger partial charge in [-0.25, -0.2) is 0 Å². The summed E-state index contributed by atoms with van der Waals surface area (Å²) in [4.78, 5) is 10.6. The Kier molecular flexibility index (Phi) is 21.6. The number of hydrogen-bond donors (Lipinski definition) is 0. The molecule has 0 heterocycles. The van der Waals surface area contributed by atoms with E-state index in [1.165, 1.54) is 116 Å². The number of rotatable bonds is 20. The smallest absolute Gasteiger partial charge is 0.302 e. The third-order valence-electron chi connectivity index (χ3n) is 4.96. The van der Waals surface area contributed by atoms with Crippen LogP contribution in [0.1, 0.15) is 129 Å². The summed E-state index contributed by atoms with van der Waals surface area (Å²) >= 11 is 0. The van der Waals surface area contributed by atoms with E-state index < -0.39 is 0 Å². The van der Waals surface area contributed by atoms with Gasteiger partial charge in [-0.3, -0.25) is 4.79 Å². The summed E-state index contributed by atoms with van der Waals surface area (Å²) in [5.74, 6) is -0.156. The molecule has 0 unspecified atom stereocenters. The van der Waals surface area contributed by atoms with Crippen molar-refractivity contribution < 1.29 is 9.53 Å². The van der Waals surface area contributed by atoms with Gasteiger partial charge in [0.1, 0.15) is 0 Å². The molecule has 0 aliphatic rings. The molecule has 2 heteroatoms. The topological polar surface area (TPSA) is 26.3 Å². The van der Waals surface area contributed by atoms with Crippen LogP contribution in [0.4, 0.5) is 0 Å². The van der Waals surface area contributed by atoms with E-state index in [-0.39, 0.29) is 5.97 Å². The molecule has 0 aromatic carbocycles. The van der Waals surface area contributed by atoms with E-state index in [9.17, 15) is 4.79 Å². The van der Waals surface area contributed by atoms with Crippen molar-refractivity contribution in [1.82, 2.24) is 0 Å². The van der Waals surface area contributed by atoms with Crippen LogP contribution in [0.5, 0.6) is 0 Å². The number of ether oxygens (including phenoxy) is 1. The molecule has 0 fully saturated rings. The van der Waals surface area contributed by atoms with E-state index in [1.54, 1.807) is 0 Å². The molecule has 0 aromatic heterocycles. The molecule has 0 saturated heterocycles. The van der Waals surface area contributed by atoms with Crippen LogP contribution in [-0.2, 0) is 9.53 Å². The van der Waals surface area contributed by atoms with Crippen LogP contribution in [0, 0.1) is 0 Å². The van der Waals surface area contributed by atoms with Gasteiger partial charge in [-0.15, -0.1) is 0 Å². The maximum absolute atomic E-state index is 10.6. The second kappa shape index (κ2) is 22.3. The van der Waals surface area contributed by atoms with Crippen molar-refractivity contribution in [3.8, 4) is 0 Å². The van der Waals surface area contributed by atoms with Gasteiger partial charge in [-0.1, -0.05) is 103 Å². The van der Waals surface area contributed by atoms with Crippen molar-refractivity contribution >= 4 is 5.97 Å². The highest BCUT2D eigenvalue weighted by atomic mass is 16.5. The maximum Gasteiger partial charge on any atom is 0.302 e. The first-order valence-electron chi connectivity index (χ1n) is 11.6.